The molecule has 118 valence electrons. The molecule has 2 fully saturated rings. The van der Waals surface area contributed by atoms with Crippen molar-refractivity contribution in [2.24, 2.45) is 5.92 Å². The minimum absolute atomic E-state index is 0.527. The predicted octanol–water partition coefficient (Wildman–Crippen LogP) is 2.55. The summed E-state index contributed by atoms with van der Waals surface area (Å²) in [7, 11) is 0. The largest absolute Gasteiger partial charge is 0.338 e. The zero-order chi connectivity index (χ0) is 14.5. The molecule has 3 rings (SSSR count). The van der Waals surface area contributed by atoms with Gasteiger partial charge in [0.25, 0.3) is 0 Å². The normalized spacial score (nSPS) is 27.9. The molecule has 1 saturated carbocycles. The summed E-state index contributed by atoms with van der Waals surface area (Å²) >= 11 is 0. The van der Waals surface area contributed by atoms with Crippen molar-refractivity contribution in [3.63, 3.8) is 0 Å². The van der Waals surface area contributed by atoms with Crippen molar-refractivity contribution in [2.45, 2.75) is 57.9 Å². The molecule has 1 aliphatic carbocycles. The standard InChI is InChI=1S/C16H28N4O/c1-2-3-13-4-6-14(7-5-13)16-18-15(21-19-16)12-20-10-8-17-9-11-20/h13-14,17H,2-12H2,1H3. The summed E-state index contributed by atoms with van der Waals surface area (Å²) in [6, 6.07) is 0. The summed E-state index contributed by atoms with van der Waals surface area (Å²) in [5, 5.41) is 7.61. The fourth-order valence-electron chi connectivity index (χ4n) is 3.68. The Hall–Kier alpha value is -0.940. The number of hydrogen-bond acceptors (Lipinski definition) is 5. The molecule has 1 saturated heterocycles. The summed E-state index contributed by atoms with van der Waals surface area (Å²) in [4.78, 5) is 7.04. The molecule has 21 heavy (non-hydrogen) atoms. The summed E-state index contributed by atoms with van der Waals surface area (Å²) in [5.41, 5.74) is 0. The average Bonchev–Trinajstić information content (AvgIpc) is 2.98. The van der Waals surface area contributed by atoms with Crippen LogP contribution in [0.15, 0.2) is 4.52 Å². The van der Waals surface area contributed by atoms with Gasteiger partial charge in [0.05, 0.1) is 6.54 Å². The van der Waals surface area contributed by atoms with Crippen molar-refractivity contribution < 1.29 is 4.52 Å². The van der Waals surface area contributed by atoms with Crippen LogP contribution in [0.5, 0.6) is 0 Å². The van der Waals surface area contributed by atoms with E-state index >= 15 is 0 Å². The molecule has 2 heterocycles. The first kappa shape index (κ1) is 15.0. The summed E-state index contributed by atoms with van der Waals surface area (Å²) in [6.07, 6.45) is 7.83. The molecule has 0 radical (unpaired) electrons. The van der Waals surface area contributed by atoms with Crippen molar-refractivity contribution in [1.82, 2.24) is 20.4 Å². The van der Waals surface area contributed by atoms with Crippen molar-refractivity contribution in [1.29, 1.82) is 0 Å². The molecule has 5 heteroatoms. The van der Waals surface area contributed by atoms with Crippen LogP contribution in [0.2, 0.25) is 0 Å². The van der Waals surface area contributed by atoms with Gasteiger partial charge < -0.3 is 9.84 Å². The van der Waals surface area contributed by atoms with E-state index < -0.39 is 0 Å². The highest BCUT2D eigenvalue weighted by molar-refractivity contribution is 4.98. The lowest BCUT2D eigenvalue weighted by atomic mass is 9.80. The maximum absolute atomic E-state index is 5.47. The molecule has 5 nitrogen and oxygen atoms in total. The highest BCUT2D eigenvalue weighted by Gasteiger charge is 2.25. The van der Waals surface area contributed by atoms with Gasteiger partial charge in [0.1, 0.15) is 0 Å². The molecule has 0 aromatic carbocycles. The summed E-state index contributed by atoms with van der Waals surface area (Å²) in [6.45, 7) is 7.35. The SMILES string of the molecule is CCCC1CCC(c2noc(CN3CCNCC3)n2)CC1. The first-order valence-electron chi connectivity index (χ1n) is 8.60. The van der Waals surface area contributed by atoms with E-state index in [0.29, 0.717) is 5.92 Å². The number of aromatic nitrogens is 2. The molecule has 0 unspecified atom stereocenters. The molecule has 1 aromatic heterocycles. The van der Waals surface area contributed by atoms with E-state index in [1.165, 1.54) is 38.5 Å². The highest BCUT2D eigenvalue weighted by Crippen LogP contribution is 2.36. The van der Waals surface area contributed by atoms with Crippen LogP contribution in [0.4, 0.5) is 0 Å². The van der Waals surface area contributed by atoms with E-state index in [1.54, 1.807) is 0 Å². The van der Waals surface area contributed by atoms with E-state index in [2.05, 4.69) is 27.3 Å². The minimum Gasteiger partial charge on any atom is -0.338 e. The Labute approximate surface area is 127 Å². The van der Waals surface area contributed by atoms with E-state index in [4.69, 9.17) is 4.52 Å². The lowest BCUT2D eigenvalue weighted by Gasteiger charge is -2.26. The first-order chi connectivity index (χ1) is 10.3. The molecule has 1 aromatic rings. The van der Waals surface area contributed by atoms with Gasteiger partial charge in [-0.25, -0.2) is 0 Å². The second-order valence-electron chi connectivity index (χ2n) is 6.58. The van der Waals surface area contributed by atoms with E-state index in [-0.39, 0.29) is 0 Å². The van der Waals surface area contributed by atoms with Gasteiger partial charge in [0.15, 0.2) is 5.82 Å². The average molecular weight is 292 g/mol. The third-order valence-electron chi connectivity index (χ3n) is 4.96. The third-order valence-corrected chi connectivity index (χ3v) is 4.96. The lowest BCUT2D eigenvalue weighted by molar-refractivity contribution is 0.203. The third kappa shape index (κ3) is 4.04. The van der Waals surface area contributed by atoms with Crippen LogP contribution in [0, 0.1) is 5.92 Å². The highest BCUT2D eigenvalue weighted by atomic mass is 16.5. The Morgan fingerprint density at radius 2 is 1.95 bits per heavy atom. The van der Waals surface area contributed by atoms with Gasteiger partial charge in [-0.05, 0) is 31.6 Å². The zero-order valence-electron chi connectivity index (χ0n) is 13.2. The number of nitrogens with zero attached hydrogens (tertiary/aromatic N) is 3. The van der Waals surface area contributed by atoms with Gasteiger partial charge in [-0.3, -0.25) is 4.90 Å². The smallest absolute Gasteiger partial charge is 0.240 e. The van der Waals surface area contributed by atoms with Crippen LogP contribution in [-0.4, -0.2) is 41.2 Å². The van der Waals surface area contributed by atoms with Crippen molar-refractivity contribution in [3.05, 3.63) is 11.7 Å². The lowest BCUT2D eigenvalue weighted by Crippen LogP contribution is -2.42. The second-order valence-corrected chi connectivity index (χ2v) is 6.58. The Morgan fingerprint density at radius 3 is 2.67 bits per heavy atom. The van der Waals surface area contributed by atoms with Crippen molar-refractivity contribution >= 4 is 0 Å². The Morgan fingerprint density at radius 1 is 1.19 bits per heavy atom. The number of nitrogens with one attached hydrogen (secondary N) is 1. The maximum atomic E-state index is 5.47. The van der Waals surface area contributed by atoms with Crippen LogP contribution in [0.1, 0.15) is 63.1 Å². The molecule has 2 aliphatic rings. The maximum Gasteiger partial charge on any atom is 0.240 e. The quantitative estimate of drug-likeness (QED) is 0.904. The van der Waals surface area contributed by atoms with Gasteiger partial charge >= 0.3 is 0 Å². The van der Waals surface area contributed by atoms with Crippen LogP contribution in [0.3, 0.4) is 0 Å². The molecule has 0 atom stereocenters. The molecule has 0 bridgehead atoms. The molecule has 1 N–H and O–H groups in total. The fourth-order valence-corrected chi connectivity index (χ4v) is 3.68. The minimum atomic E-state index is 0.527. The van der Waals surface area contributed by atoms with Gasteiger partial charge in [-0.1, -0.05) is 24.9 Å². The summed E-state index contributed by atoms with van der Waals surface area (Å²) < 4.78 is 5.47. The molecular weight excluding hydrogens is 264 g/mol. The predicted molar refractivity (Wildman–Crippen MR) is 82.1 cm³/mol. The fraction of sp³-hybridized carbons (Fsp3) is 0.875. The monoisotopic (exact) mass is 292 g/mol. The Balaban J connectivity index is 1.50. The number of piperazine rings is 1. The van der Waals surface area contributed by atoms with Crippen LogP contribution < -0.4 is 5.32 Å². The van der Waals surface area contributed by atoms with Gasteiger partial charge in [-0.15, -0.1) is 0 Å². The van der Waals surface area contributed by atoms with Crippen molar-refractivity contribution in [3.8, 4) is 0 Å². The second kappa shape index (κ2) is 7.36. The Kier molecular flexibility index (Phi) is 5.25. The molecule has 0 amide bonds. The number of hydrogen-bond donors (Lipinski definition) is 1. The van der Waals surface area contributed by atoms with E-state index in [1.807, 2.05) is 0 Å². The molecular formula is C16H28N4O. The van der Waals surface area contributed by atoms with Crippen LogP contribution in [-0.2, 0) is 6.54 Å². The van der Waals surface area contributed by atoms with Gasteiger partial charge in [0, 0.05) is 32.1 Å². The Bertz CT molecular complexity index is 420. The van der Waals surface area contributed by atoms with Gasteiger partial charge in [0.2, 0.25) is 5.89 Å². The van der Waals surface area contributed by atoms with Crippen LogP contribution >= 0.6 is 0 Å². The zero-order valence-corrected chi connectivity index (χ0v) is 13.2. The van der Waals surface area contributed by atoms with Gasteiger partial charge in [-0.2, -0.15) is 4.98 Å². The van der Waals surface area contributed by atoms with E-state index in [0.717, 1.165) is 50.4 Å². The van der Waals surface area contributed by atoms with Crippen LogP contribution in [0.25, 0.3) is 0 Å². The van der Waals surface area contributed by atoms with E-state index in [9.17, 15) is 0 Å². The number of rotatable bonds is 5. The summed E-state index contributed by atoms with van der Waals surface area (Å²) in [5.74, 6) is 3.20. The molecule has 1 aliphatic heterocycles. The van der Waals surface area contributed by atoms with Crippen molar-refractivity contribution in [2.75, 3.05) is 26.2 Å². The topological polar surface area (TPSA) is 54.2 Å². The molecule has 0 spiro atoms. The first-order valence-corrected chi connectivity index (χ1v) is 8.60.